The van der Waals surface area contributed by atoms with E-state index in [1.165, 1.54) is 21.7 Å². The highest BCUT2D eigenvalue weighted by Gasteiger charge is 2.38. The topological polar surface area (TPSA) is 149 Å². The number of aromatic nitrogens is 2. The zero-order valence-corrected chi connectivity index (χ0v) is 24.6. The average Bonchev–Trinajstić information content (AvgIpc) is 3.22. The number of nitrogens with one attached hydrogen (secondary N) is 2. The number of carbonyl (C=O) groups excluding carboxylic acids is 4. The van der Waals surface area contributed by atoms with Gasteiger partial charge in [-0.2, -0.15) is 5.10 Å². The molecule has 0 spiro atoms. The van der Waals surface area contributed by atoms with Crippen LogP contribution in [0.3, 0.4) is 0 Å². The van der Waals surface area contributed by atoms with Gasteiger partial charge in [0.2, 0.25) is 11.8 Å². The fourth-order valence-electron chi connectivity index (χ4n) is 4.76. The van der Waals surface area contributed by atoms with E-state index < -0.39 is 35.2 Å². The Morgan fingerprint density at radius 1 is 1.19 bits per heavy atom. The largest absolute Gasteiger partial charge is 0.444 e. The number of halogens is 2. The van der Waals surface area contributed by atoms with Crippen molar-refractivity contribution in [3.63, 3.8) is 0 Å². The van der Waals surface area contributed by atoms with Crippen LogP contribution in [0.4, 0.5) is 9.18 Å². The number of nitrogens with zero attached hydrogens (tertiary/aromatic N) is 3. The average molecular weight is 601 g/mol. The van der Waals surface area contributed by atoms with Gasteiger partial charge in [-0.15, -0.1) is 0 Å². The predicted molar refractivity (Wildman–Crippen MR) is 154 cm³/mol. The minimum absolute atomic E-state index is 0.0413. The van der Waals surface area contributed by atoms with E-state index >= 15 is 0 Å². The molecule has 3 aromatic rings. The van der Waals surface area contributed by atoms with Gasteiger partial charge < -0.3 is 26.0 Å². The van der Waals surface area contributed by atoms with Crippen molar-refractivity contribution in [1.82, 2.24) is 25.3 Å². The maximum atomic E-state index is 14.3. The van der Waals surface area contributed by atoms with E-state index in [0.29, 0.717) is 23.7 Å². The Labute approximate surface area is 247 Å². The third-order valence-corrected chi connectivity index (χ3v) is 7.13. The van der Waals surface area contributed by atoms with Gasteiger partial charge in [0.25, 0.3) is 5.91 Å². The minimum Gasteiger partial charge on any atom is -0.444 e. The van der Waals surface area contributed by atoms with Gasteiger partial charge >= 0.3 is 6.09 Å². The summed E-state index contributed by atoms with van der Waals surface area (Å²) in [5.41, 5.74) is 6.55. The van der Waals surface area contributed by atoms with Crippen LogP contribution in [-0.4, -0.2) is 62.7 Å². The molecule has 1 aliphatic carbocycles. The fourth-order valence-corrected chi connectivity index (χ4v) is 4.95. The number of hydrogen-bond donors (Lipinski definition) is 3. The Balaban J connectivity index is 1.50. The van der Waals surface area contributed by atoms with E-state index in [4.69, 9.17) is 22.1 Å². The number of amides is 4. The number of rotatable bonds is 9. The van der Waals surface area contributed by atoms with Gasteiger partial charge in [-0.3, -0.25) is 19.1 Å². The van der Waals surface area contributed by atoms with Gasteiger partial charge in [-0.1, -0.05) is 35.4 Å². The molecule has 1 saturated carbocycles. The lowest BCUT2D eigenvalue weighted by Gasteiger charge is -2.42. The molecule has 0 atom stereocenters. The summed E-state index contributed by atoms with van der Waals surface area (Å²) in [4.78, 5) is 52.2. The normalized spacial score (nSPS) is 16.4. The van der Waals surface area contributed by atoms with Crippen molar-refractivity contribution >= 4 is 46.3 Å². The van der Waals surface area contributed by atoms with Crippen molar-refractivity contribution in [2.75, 3.05) is 6.54 Å². The van der Waals surface area contributed by atoms with Crippen LogP contribution < -0.4 is 16.4 Å². The molecule has 4 N–H and O–H groups in total. The minimum atomic E-state index is -0.726. The molecule has 11 nitrogen and oxygen atoms in total. The highest BCUT2D eigenvalue weighted by atomic mass is 35.5. The Morgan fingerprint density at radius 2 is 1.90 bits per heavy atom. The Kier molecular flexibility index (Phi) is 9.05. The molecule has 13 heteroatoms. The summed E-state index contributed by atoms with van der Waals surface area (Å²) < 4.78 is 21.0. The van der Waals surface area contributed by atoms with E-state index in [1.54, 1.807) is 39.0 Å². The van der Waals surface area contributed by atoms with Crippen LogP contribution >= 0.6 is 11.6 Å². The van der Waals surface area contributed by atoms with E-state index in [1.807, 2.05) is 13.0 Å². The lowest BCUT2D eigenvalue weighted by Crippen LogP contribution is -2.58. The number of aryl methyl sites for hydroxylation is 1. The van der Waals surface area contributed by atoms with Gasteiger partial charge in [0, 0.05) is 29.6 Å². The fraction of sp³-hybridized carbons (Fsp3) is 0.414. The Bertz CT molecular complexity index is 1530. The van der Waals surface area contributed by atoms with Gasteiger partial charge in [-0.25, -0.2) is 9.18 Å². The second-order valence-corrected chi connectivity index (χ2v) is 11.8. The van der Waals surface area contributed by atoms with Crippen molar-refractivity contribution in [2.24, 2.45) is 5.73 Å². The van der Waals surface area contributed by atoms with Crippen LogP contribution in [0.15, 0.2) is 36.4 Å². The molecule has 1 aliphatic rings. The third kappa shape index (κ3) is 7.35. The molecule has 42 heavy (non-hydrogen) atoms. The standard InChI is InChI=1S/C29H34ClFN6O5/c1-16-8-9-22-20(10-16)26(27(32)40)35-37(22)15-24(39)36(19-11-18(12-19)34-28(41)42-29(2,3)4)14-23(38)33-13-17-6-5-7-21(30)25(17)31/h5-10,18-19H,11-15H2,1-4H3,(H2,32,40)(H,33,38)(H,34,41). The molecule has 2 aromatic carbocycles. The number of hydrogen-bond acceptors (Lipinski definition) is 6. The molecule has 0 radical (unpaired) electrons. The Morgan fingerprint density at radius 3 is 2.57 bits per heavy atom. The quantitative estimate of drug-likeness (QED) is 0.343. The SMILES string of the molecule is Cc1ccc2c(c1)c(C(N)=O)nn2CC(=O)N(CC(=O)NCc1cccc(Cl)c1F)C1CC(NC(=O)OC(C)(C)C)C1. The molecule has 1 fully saturated rings. The predicted octanol–water partition coefficient (Wildman–Crippen LogP) is 3.44. The third-order valence-electron chi connectivity index (χ3n) is 6.84. The van der Waals surface area contributed by atoms with Crippen LogP contribution in [0.25, 0.3) is 10.9 Å². The summed E-state index contributed by atoms with van der Waals surface area (Å²) in [6, 6.07) is 9.21. The second kappa shape index (κ2) is 12.4. The smallest absolute Gasteiger partial charge is 0.407 e. The number of carbonyl (C=O) groups is 4. The van der Waals surface area contributed by atoms with Crippen LogP contribution in [-0.2, 0) is 27.4 Å². The molecular formula is C29H34ClFN6O5. The molecule has 0 aliphatic heterocycles. The number of primary amides is 1. The highest BCUT2D eigenvalue weighted by Crippen LogP contribution is 2.27. The first-order valence-corrected chi connectivity index (χ1v) is 13.8. The first kappa shape index (κ1) is 30.8. The molecule has 1 aromatic heterocycles. The van der Waals surface area contributed by atoms with Crippen LogP contribution in [0.2, 0.25) is 5.02 Å². The molecule has 4 rings (SSSR count). The van der Waals surface area contributed by atoms with E-state index in [0.717, 1.165) is 5.56 Å². The number of nitrogens with two attached hydrogens (primary N) is 1. The zero-order chi connectivity index (χ0) is 30.8. The van der Waals surface area contributed by atoms with Crippen molar-refractivity contribution in [1.29, 1.82) is 0 Å². The molecule has 0 unspecified atom stereocenters. The monoisotopic (exact) mass is 600 g/mol. The molecule has 1 heterocycles. The summed E-state index contributed by atoms with van der Waals surface area (Å²) in [7, 11) is 0. The van der Waals surface area contributed by atoms with Crippen molar-refractivity contribution in [3.05, 3.63) is 64.1 Å². The molecular weight excluding hydrogens is 567 g/mol. The van der Waals surface area contributed by atoms with Gasteiger partial charge in [0.05, 0.1) is 17.1 Å². The summed E-state index contributed by atoms with van der Waals surface area (Å²) >= 11 is 5.84. The van der Waals surface area contributed by atoms with Crippen molar-refractivity contribution in [3.8, 4) is 0 Å². The van der Waals surface area contributed by atoms with Gasteiger partial charge in [0.1, 0.15) is 18.0 Å². The highest BCUT2D eigenvalue weighted by molar-refractivity contribution is 6.30. The van der Waals surface area contributed by atoms with Crippen molar-refractivity contribution in [2.45, 2.75) is 71.3 Å². The maximum Gasteiger partial charge on any atom is 0.407 e. The first-order valence-electron chi connectivity index (χ1n) is 13.5. The lowest BCUT2D eigenvalue weighted by molar-refractivity contribution is -0.141. The lowest BCUT2D eigenvalue weighted by atomic mass is 9.85. The van der Waals surface area contributed by atoms with E-state index in [2.05, 4.69) is 15.7 Å². The van der Waals surface area contributed by atoms with Gasteiger partial charge in [0.15, 0.2) is 5.69 Å². The second-order valence-electron chi connectivity index (χ2n) is 11.4. The zero-order valence-electron chi connectivity index (χ0n) is 23.9. The molecule has 224 valence electrons. The van der Waals surface area contributed by atoms with E-state index in [9.17, 15) is 23.6 Å². The number of benzene rings is 2. The first-order chi connectivity index (χ1) is 19.7. The molecule has 0 bridgehead atoms. The molecule has 4 amide bonds. The van der Waals surface area contributed by atoms with Crippen molar-refractivity contribution < 1.29 is 28.3 Å². The van der Waals surface area contributed by atoms with Crippen LogP contribution in [0.5, 0.6) is 0 Å². The number of fused-ring (bicyclic) bond motifs is 1. The number of ether oxygens (including phenoxy) is 1. The Hall–Kier alpha value is -4.19. The summed E-state index contributed by atoms with van der Waals surface area (Å²) in [5, 5.41) is 10.2. The summed E-state index contributed by atoms with van der Waals surface area (Å²) in [6.07, 6.45) is 0.224. The van der Waals surface area contributed by atoms with Crippen LogP contribution in [0, 0.1) is 12.7 Å². The van der Waals surface area contributed by atoms with Crippen LogP contribution in [0.1, 0.15) is 55.2 Å². The summed E-state index contributed by atoms with van der Waals surface area (Å²) in [6.45, 7) is 6.44. The van der Waals surface area contributed by atoms with Gasteiger partial charge in [-0.05, 0) is 58.7 Å². The van der Waals surface area contributed by atoms with E-state index in [-0.39, 0.29) is 48.0 Å². The summed E-state index contributed by atoms with van der Waals surface area (Å²) in [5.74, 6) is -2.30. The molecule has 0 saturated heterocycles. The maximum absolute atomic E-state index is 14.3. The number of alkyl carbamates (subject to hydrolysis) is 1.